The van der Waals surface area contributed by atoms with E-state index in [9.17, 15) is 0 Å². The first-order valence-corrected chi connectivity index (χ1v) is 5.33. The maximum atomic E-state index is 5.76. The van der Waals surface area contributed by atoms with Crippen LogP contribution in [0.1, 0.15) is 24.3 Å². The Bertz CT molecular complexity index is 367. The van der Waals surface area contributed by atoms with E-state index in [0.717, 1.165) is 12.4 Å². The number of rotatable bonds is 0. The van der Waals surface area contributed by atoms with Crippen molar-refractivity contribution in [1.29, 1.82) is 0 Å². The van der Waals surface area contributed by atoms with Crippen LogP contribution in [0.25, 0.3) is 0 Å². The molecule has 0 N–H and O–H groups in total. The summed E-state index contributed by atoms with van der Waals surface area (Å²) in [4.78, 5) is 0. The van der Waals surface area contributed by atoms with Gasteiger partial charge in [-0.2, -0.15) is 0 Å². The molecule has 0 radical (unpaired) electrons. The molecule has 0 fully saturated rings. The summed E-state index contributed by atoms with van der Waals surface area (Å²) in [7, 11) is 0. The zero-order valence-electron chi connectivity index (χ0n) is 8.15. The van der Waals surface area contributed by atoms with Crippen LogP contribution in [0.2, 0.25) is 0 Å². The molecule has 0 aromatic heterocycles. The number of hydrogen-bond acceptors (Lipinski definition) is 1. The zero-order chi connectivity index (χ0) is 9.38. The van der Waals surface area contributed by atoms with Crippen molar-refractivity contribution in [2.24, 2.45) is 5.92 Å². The molecule has 1 aliphatic carbocycles. The highest BCUT2D eigenvalue weighted by atomic mass is 16.5. The third kappa shape index (κ3) is 1.16. The quantitative estimate of drug-likeness (QED) is 0.566. The molecule has 2 atom stereocenters. The van der Waals surface area contributed by atoms with E-state index >= 15 is 0 Å². The predicted octanol–water partition coefficient (Wildman–Crippen LogP) is 3.13. The van der Waals surface area contributed by atoms with Gasteiger partial charge in [-0.1, -0.05) is 30.4 Å². The smallest absolute Gasteiger partial charge is 0.123 e. The van der Waals surface area contributed by atoms with Crippen molar-refractivity contribution in [2.45, 2.75) is 18.8 Å². The average molecular weight is 186 g/mol. The number of ether oxygens (including phenoxy) is 1. The second kappa shape index (κ2) is 3.16. The first-order valence-electron chi connectivity index (χ1n) is 5.33. The van der Waals surface area contributed by atoms with Crippen LogP contribution < -0.4 is 4.74 Å². The van der Waals surface area contributed by atoms with Gasteiger partial charge in [0, 0.05) is 17.4 Å². The highest BCUT2D eigenvalue weighted by Gasteiger charge is 2.29. The van der Waals surface area contributed by atoms with Gasteiger partial charge in [-0.25, -0.2) is 0 Å². The van der Waals surface area contributed by atoms with Gasteiger partial charge in [-0.15, -0.1) is 0 Å². The van der Waals surface area contributed by atoms with Gasteiger partial charge in [0.05, 0.1) is 6.61 Å². The third-order valence-corrected chi connectivity index (χ3v) is 3.29. The Hall–Kier alpha value is -1.24. The molecular weight excluding hydrogens is 172 g/mol. The van der Waals surface area contributed by atoms with Crippen molar-refractivity contribution in [3.8, 4) is 5.75 Å². The normalized spacial score (nSPS) is 28.9. The molecule has 1 heteroatoms. The van der Waals surface area contributed by atoms with Crippen LogP contribution in [-0.4, -0.2) is 6.61 Å². The summed E-state index contributed by atoms with van der Waals surface area (Å²) in [6.45, 7) is 0.895. The molecule has 72 valence electrons. The molecule has 1 aromatic rings. The van der Waals surface area contributed by atoms with Gasteiger partial charge in [-0.05, 0) is 18.9 Å². The van der Waals surface area contributed by atoms with E-state index in [1.807, 2.05) is 6.07 Å². The summed E-state index contributed by atoms with van der Waals surface area (Å²) in [5.41, 5.74) is 1.37. The summed E-state index contributed by atoms with van der Waals surface area (Å²) in [5.74, 6) is 2.39. The first-order chi connectivity index (χ1) is 6.95. The van der Waals surface area contributed by atoms with Crippen LogP contribution in [0, 0.1) is 5.92 Å². The van der Waals surface area contributed by atoms with E-state index in [1.54, 1.807) is 0 Å². The lowest BCUT2D eigenvalue weighted by molar-refractivity contribution is 0.196. The molecule has 0 amide bonds. The van der Waals surface area contributed by atoms with E-state index in [4.69, 9.17) is 4.74 Å². The topological polar surface area (TPSA) is 9.23 Å². The summed E-state index contributed by atoms with van der Waals surface area (Å²) in [5, 5.41) is 0. The Morgan fingerprint density at radius 2 is 2.14 bits per heavy atom. The molecule has 0 saturated heterocycles. The Balaban J connectivity index is 2.07. The lowest BCUT2D eigenvalue weighted by Crippen LogP contribution is -2.26. The number of hydrogen-bond donors (Lipinski definition) is 0. The Labute approximate surface area is 84.4 Å². The molecule has 0 spiro atoms. The Morgan fingerprint density at radius 3 is 3.14 bits per heavy atom. The van der Waals surface area contributed by atoms with Gasteiger partial charge in [0.25, 0.3) is 0 Å². The number of fused-ring (bicyclic) bond motifs is 3. The maximum absolute atomic E-state index is 5.76. The lowest BCUT2D eigenvalue weighted by atomic mass is 9.78. The Kier molecular flexibility index (Phi) is 1.83. The Morgan fingerprint density at radius 1 is 1.21 bits per heavy atom. The van der Waals surface area contributed by atoms with Crippen LogP contribution in [0.3, 0.4) is 0 Å². The molecule has 14 heavy (non-hydrogen) atoms. The minimum atomic E-state index is 0.605. The molecular formula is C13H14O. The van der Waals surface area contributed by atoms with Crippen molar-refractivity contribution in [1.82, 2.24) is 0 Å². The second-order valence-electron chi connectivity index (χ2n) is 4.14. The zero-order valence-corrected chi connectivity index (χ0v) is 8.15. The van der Waals surface area contributed by atoms with Crippen molar-refractivity contribution in [2.75, 3.05) is 6.61 Å². The van der Waals surface area contributed by atoms with Gasteiger partial charge in [-0.3, -0.25) is 0 Å². The fraction of sp³-hybridized carbons (Fsp3) is 0.385. The van der Waals surface area contributed by atoms with Crippen LogP contribution in [0.5, 0.6) is 5.75 Å². The fourth-order valence-corrected chi connectivity index (χ4v) is 2.52. The van der Waals surface area contributed by atoms with Gasteiger partial charge < -0.3 is 4.74 Å². The van der Waals surface area contributed by atoms with Crippen LogP contribution in [0.4, 0.5) is 0 Å². The van der Waals surface area contributed by atoms with Crippen LogP contribution in [-0.2, 0) is 0 Å². The van der Waals surface area contributed by atoms with Crippen LogP contribution >= 0.6 is 0 Å². The maximum Gasteiger partial charge on any atom is 0.123 e. The number of benzene rings is 1. The summed E-state index contributed by atoms with van der Waals surface area (Å²) in [6, 6.07) is 8.43. The molecule has 0 saturated carbocycles. The van der Waals surface area contributed by atoms with Gasteiger partial charge in [0.15, 0.2) is 0 Å². The summed E-state index contributed by atoms with van der Waals surface area (Å²) < 4.78 is 5.76. The SMILES string of the molecule is C1=CC2c3ccccc3OCC2CC1. The molecule has 1 nitrogen and oxygen atoms in total. The molecule has 1 heterocycles. The predicted molar refractivity (Wildman–Crippen MR) is 56.5 cm³/mol. The van der Waals surface area contributed by atoms with Crippen molar-refractivity contribution in [3.63, 3.8) is 0 Å². The average Bonchev–Trinajstić information content (AvgIpc) is 2.29. The van der Waals surface area contributed by atoms with Crippen molar-refractivity contribution in [3.05, 3.63) is 42.0 Å². The third-order valence-electron chi connectivity index (χ3n) is 3.29. The van der Waals surface area contributed by atoms with E-state index < -0.39 is 0 Å². The van der Waals surface area contributed by atoms with Crippen molar-refractivity contribution >= 4 is 0 Å². The summed E-state index contributed by atoms with van der Waals surface area (Å²) in [6.07, 6.45) is 7.15. The molecule has 2 aliphatic rings. The van der Waals surface area contributed by atoms with Gasteiger partial charge in [0.1, 0.15) is 5.75 Å². The number of para-hydroxylation sites is 1. The van der Waals surface area contributed by atoms with Gasteiger partial charge in [0.2, 0.25) is 0 Å². The second-order valence-corrected chi connectivity index (χ2v) is 4.14. The fourth-order valence-electron chi connectivity index (χ4n) is 2.52. The standard InChI is InChI=1S/C13H14O/c1-2-6-11-10(5-1)9-14-13-8-4-3-7-12(11)13/h2-4,6-8,10-11H,1,5,9H2. The summed E-state index contributed by atoms with van der Waals surface area (Å²) >= 11 is 0. The van der Waals surface area contributed by atoms with Crippen LogP contribution in [0.15, 0.2) is 36.4 Å². The van der Waals surface area contributed by atoms with Crippen molar-refractivity contribution < 1.29 is 4.74 Å². The molecule has 2 unspecified atom stereocenters. The highest BCUT2D eigenvalue weighted by molar-refractivity contribution is 5.41. The lowest BCUT2D eigenvalue weighted by Gasteiger charge is -2.33. The molecule has 0 bridgehead atoms. The molecule has 1 aromatic carbocycles. The van der Waals surface area contributed by atoms with E-state index in [1.165, 1.54) is 18.4 Å². The number of allylic oxidation sites excluding steroid dienone is 2. The molecule has 1 aliphatic heterocycles. The van der Waals surface area contributed by atoms with E-state index in [0.29, 0.717) is 11.8 Å². The van der Waals surface area contributed by atoms with E-state index in [-0.39, 0.29) is 0 Å². The first kappa shape index (κ1) is 8.10. The highest BCUT2D eigenvalue weighted by Crippen LogP contribution is 2.41. The largest absolute Gasteiger partial charge is 0.493 e. The monoisotopic (exact) mass is 186 g/mol. The van der Waals surface area contributed by atoms with E-state index in [2.05, 4.69) is 30.4 Å². The molecule has 3 rings (SSSR count). The minimum Gasteiger partial charge on any atom is -0.493 e. The minimum absolute atomic E-state index is 0.605. The van der Waals surface area contributed by atoms with Gasteiger partial charge >= 0.3 is 0 Å².